The molecular formula is C10H12FNO. The van der Waals surface area contributed by atoms with Crippen LogP contribution in [0.3, 0.4) is 0 Å². The molecule has 2 nitrogen and oxygen atoms in total. The summed E-state index contributed by atoms with van der Waals surface area (Å²) in [6, 6.07) is 3.14. The molecule has 0 aromatic carbocycles. The van der Waals surface area contributed by atoms with Crippen molar-refractivity contribution in [2.75, 3.05) is 0 Å². The molecule has 0 amide bonds. The van der Waals surface area contributed by atoms with Gasteiger partial charge in [-0.15, -0.1) is 0 Å². The first-order valence-corrected chi connectivity index (χ1v) is 4.31. The number of Topliss-reactive ketones (excluding diaryl/α,β-unsaturated/α-hetero) is 1. The topological polar surface area (TPSA) is 30.0 Å². The lowest BCUT2D eigenvalue weighted by molar-refractivity contribution is 0.0976. The zero-order valence-electron chi connectivity index (χ0n) is 7.80. The summed E-state index contributed by atoms with van der Waals surface area (Å²) in [5, 5.41) is 0. The van der Waals surface area contributed by atoms with Gasteiger partial charge in [0.25, 0.3) is 0 Å². The highest BCUT2D eigenvalue weighted by molar-refractivity contribution is 5.94. The fourth-order valence-corrected chi connectivity index (χ4v) is 1.01. The fourth-order valence-electron chi connectivity index (χ4n) is 1.01. The molecule has 1 aromatic rings. The normalized spacial score (nSPS) is 10.1. The van der Waals surface area contributed by atoms with Gasteiger partial charge in [-0.05, 0) is 19.4 Å². The molecule has 0 aliphatic rings. The van der Waals surface area contributed by atoms with Crippen LogP contribution in [0.1, 0.15) is 35.8 Å². The van der Waals surface area contributed by atoms with Crippen molar-refractivity contribution in [2.45, 2.75) is 26.7 Å². The van der Waals surface area contributed by atoms with Gasteiger partial charge in [-0.25, -0.2) is 4.98 Å². The third-order valence-electron chi connectivity index (χ3n) is 1.80. The number of aromatic nitrogens is 1. The third-order valence-corrected chi connectivity index (χ3v) is 1.80. The lowest BCUT2D eigenvalue weighted by Gasteiger charge is -1.99. The van der Waals surface area contributed by atoms with E-state index in [1.165, 1.54) is 0 Å². The molecule has 0 bridgehead atoms. The van der Waals surface area contributed by atoms with Crippen LogP contribution in [0.2, 0.25) is 0 Å². The summed E-state index contributed by atoms with van der Waals surface area (Å²) < 4.78 is 12.9. The predicted octanol–water partition coefficient (Wildman–Crippen LogP) is 2.51. The molecule has 3 heteroatoms. The number of ketones is 1. The van der Waals surface area contributed by atoms with Gasteiger partial charge in [0.15, 0.2) is 5.78 Å². The number of rotatable bonds is 3. The van der Waals surface area contributed by atoms with Gasteiger partial charge in [-0.3, -0.25) is 4.79 Å². The van der Waals surface area contributed by atoms with E-state index in [0.717, 1.165) is 6.42 Å². The average molecular weight is 181 g/mol. The predicted molar refractivity (Wildman–Crippen MR) is 48.2 cm³/mol. The van der Waals surface area contributed by atoms with Crippen LogP contribution in [0.25, 0.3) is 0 Å². The number of carbonyl (C=O) groups is 1. The minimum Gasteiger partial charge on any atom is -0.292 e. The molecule has 0 spiro atoms. The van der Waals surface area contributed by atoms with Crippen LogP contribution in [-0.4, -0.2) is 10.8 Å². The smallest absolute Gasteiger partial charge is 0.216 e. The first-order chi connectivity index (χ1) is 6.15. The van der Waals surface area contributed by atoms with Gasteiger partial charge >= 0.3 is 0 Å². The summed E-state index contributed by atoms with van der Waals surface area (Å²) in [7, 11) is 0. The Balaban J connectivity index is 2.90. The standard InChI is InChI=1S/C10H12FNO/c1-3-4-9(13)8-6-5-7(2)10(11)12-8/h5-6H,3-4H2,1-2H3. The van der Waals surface area contributed by atoms with E-state index < -0.39 is 5.95 Å². The van der Waals surface area contributed by atoms with E-state index in [9.17, 15) is 9.18 Å². The third kappa shape index (κ3) is 2.34. The highest BCUT2D eigenvalue weighted by atomic mass is 19.1. The number of carbonyl (C=O) groups excluding carboxylic acids is 1. The average Bonchev–Trinajstić information content (AvgIpc) is 2.10. The Labute approximate surface area is 76.8 Å². The van der Waals surface area contributed by atoms with Crippen molar-refractivity contribution in [3.05, 3.63) is 29.3 Å². The van der Waals surface area contributed by atoms with Crippen molar-refractivity contribution in [3.8, 4) is 0 Å². The molecule has 0 atom stereocenters. The van der Waals surface area contributed by atoms with Gasteiger partial charge in [0.2, 0.25) is 5.95 Å². The van der Waals surface area contributed by atoms with Gasteiger partial charge in [-0.2, -0.15) is 4.39 Å². The zero-order valence-corrected chi connectivity index (χ0v) is 7.80. The Kier molecular flexibility index (Phi) is 3.12. The first-order valence-electron chi connectivity index (χ1n) is 4.31. The van der Waals surface area contributed by atoms with Crippen LogP contribution in [-0.2, 0) is 0 Å². The Bertz CT molecular complexity index is 323. The molecule has 0 aliphatic carbocycles. The molecule has 1 heterocycles. The number of halogens is 1. The van der Waals surface area contributed by atoms with Gasteiger partial charge in [0, 0.05) is 12.0 Å². The number of hydrogen-bond donors (Lipinski definition) is 0. The van der Waals surface area contributed by atoms with Crippen LogP contribution in [0, 0.1) is 12.9 Å². The molecule has 0 saturated carbocycles. The van der Waals surface area contributed by atoms with E-state index in [1.54, 1.807) is 19.1 Å². The van der Waals surface area contributed by atoms with E-state index in [1.807, 2.05) is 6.92 Å². The molecule has 70 valence electrons. The number of hydrogen-bond acceptors (Lipinski definition) is 2. The lowest BCUT2D eigenvalue weighted by atomic mass is 10.1. The number of nitrogens with zero attached hydrogens (tertiary/aromatic N) is 1. The fraction of sp³-hybridized carbons (Fsp3) is 0.400. The SMILES string of the molecule is CCCC(=O)c1ccc(C)c(F)n1. The van der Waals surface area contributed by atoms with Gasteiger partial charge < -0.3 is 0 Å². The van der Waals surface area contributed by atoms with E-state index in [4.69, 9.17) is 0 Å². The largest absolute Gasteiger partial charge is 0.292 e. The maximum Gasteiger partial charge on any atom is 0.216 e. The summed E-state index contributed by atoms with van der Waals surface area (Å²) in [6.07, 6.45) is 1.19. The first kappa shape index (κ1) is 9.84. The number of aryl methyl sites for hydroxylation is 1. The van der Waals surface area contributed by atoms with Crippen LogP contribution in [0.15, 0.2) is 12.1 Å². The summed E-state index contributed by atoms with van der Waals surface area (Å²) >= 11 is 0. The molecule has 1 rings (SSSR count). The number of pyridine rings is 1. The van der Waals surface area contributed by atoms with Crippen molar-refractivity contribution < 1.29 is 9.18 Å². The Hall–Kier alpha value is -1.25. The molecule has 1 aromatic heterocycles. The monoisotopic (exact) mass is 181 g/mol. The molecule has 0 aliphatic heterocycles. The van der Waals surface area contributed by atoms with Crippen molar-refractivity contribution in [2.24, 2.45) is 0 Å². The van der Waals surface area contributed by atoms with Crippen molar-refractivity contribution in [1.82, 2.24) is 4.98 Å². The molecule has 0 N–H and O–H groups in total. The maximum absolute atomic E-state index is 12.9. The Morgan fingerprint density at radius 1 is 1.54 bits per heavy atom. The second-order valence-corrected chi connectivity index (χ2v) is 2.98. The van der Waals surface area contributed by atoms with Gasteiger partial charge in [0.05, 0.1) is 0 Å². The summed E-state index contributed by atoms with van der Waals surface area (Å²) in [5.74, 6) is -0.650. The van der Waals surface area contributed by atoms with Crippen LogP contribution < -0.4 is 0 Å². The van der Waals surface area contributed by atoms with Crippen molar-refractivity contribution in [1.29, 1.82) is 0 Å². The Morgan fingerprint density at radius 3 is 2.77 bits per heavy atom. The summed E-state index contributed by atoms with van der Waals surface area (Å²) in [6.45, 7) is 3.53. The molecule has 0 fully saturated rings. The van der Waals surface area contributed by atoms with Crippen molar-refractivity contribution in [3.63, 3.8) is 0 Å². The molecule has 0 saturated heterocycles. The second-order valence-electron chi connectivity index (χ2n) is 2.98. The molecule has 0 unspecified atom stereocenters. The van der Waals surface area contributed by atoms with E-state index in [2.05, 4.69) is 4.98 Å². The highest BCUT2D eigenvalue weighted by Gasteiger charge is 2.08. The van der Waals surface area contributed by atoms with Gasteiger partial charge in [0.1, 0.15) is 5.69 Å². The van der Waals surface area contributed by atoms with Crippen LogP contribution in [0.5, 0.6) is 0 Å². The minimum absolute atomic E-state index is 0.0959. The lowest BCUT2D eigenvalue weighted by Crippen LogP contribution is -2.03. The van der Waals surface area contributed by atoms with Crippen LogP contribution >= 0.6 is 0 Å². The quantitative estimate of drug-likeness (QED) is 0.529. The van der Waals surface area contributed by atoms with E-state index in [-0.39, 0.29) is 11.5 Å². The summed E-state index contributed by atoms with van der Waals surface area (Å²) in [4.78, 5) is 14.9. The van der Waals surface area contributed by atoms with E-state index in [0.29, 0.717) is 12.0 Å². The van der Waals surface area contributed by atoms with Crippen LogP contribution in [0.4, 0.5) is 4.39 Å². The minimum atomic E-state index is -0.554. The summed E-state index contributed by atoms with van der Waals surface area (Å²) in [5.41, 5.74) is 0.693. The molecular weight excluding hydrogens is 169 g/mol. The zero-order chi connectivity index (χ0) is 9.84. The maximum atomic E-state index is 12.9. The molecule has 0 radical (unpaired) electrons. The highest BCUT2D eigenvalue weighted by Crippen LogP contribution is 2.07. The Morgan fingerprint density at radius 2 is 2.23 bits per heavy atom. The molecule has 13 heavy (non-hydrogen) atoms. The van der Waals surface area contributed by atoms with E-state index >= 15 is 0 Å². The second kappa shape index (κ2) is 4.12. The van der Waals surface area contributed by atoms with Crippen molar-refractivity contribution >= 4 is 5.78 Å². The van der Waals surface area contributed by atoms with Gasteiger partial charge in [-0.1, -0.05) is 13.0 Å².